The zero-order chi connectivity index (χ0) is 47.7. The van der Waals surface area contributed by atoms with Gasteiger partial charge in [0.05, 0.1) is 50.9 Å². The highest BCUT2D eigenvalue weighted by atomic mass is 15.3. The van der Waals surface area contributed by atoms with Crippen molar-refractivity contribution in [3.63, 3.8) is 0 Å². The number of benzene rings is 10. The Bertz CT molecular complexity index is 4150. The molecule has 5 heteroatoms. The first-order valence-corrected chi connectivity index (χ1v) is 24.8. The molecule has 5 nitrogen and oxygen atoms in total. The lowest BCUT2D eigenvalue weighted by atomic mass is 9.82. The first-order chi connectivity index (χ1) is 35.5. The normalized spacial score (nSPS) is 13.5. The van der Waals surface area contributed by atoms with Crippen LogP contribution in [0.5, 0.6) is 0 Å². The van der Waals surface area contributed by atoms with E-state index < -0.39 is 0 Å². The fourth-order valence-electron chi connectivity index (χ4n) is 12.2. The van der Waals surface area contributed by atoms with Gasteiger partial charge in [0.15, 0.2) is 5.82 Å². The van der Waals surface area contributed by atoms with E-state index in [0.29, 0.717) is 5.82 Å². The zero-order valence-electron chi connectivity index (χ0n) is 39.8. The Balaban J connectivity index is 0.908. The summed E-state index contributed by atoms with van der Waals surface area (Å²) in [6.07, 6.45) is 0. The maximum absolute atomic E-state index is 5.29. The van der Waals surface area contributed by atoms with E-state index in [4.69, 9.17) is 9.97 Å². The van der Waals surface area contributed by atoms with Gasteiger partial charge in [0.25, 0.3) is 0 Å². The lowest BCUT2D eigenvalue weighted by molar-refractivity contribution is 0.660. The van der Waals surface area contributed by atoms with E-state index in [9.17, 15) is 0 Å². The number of fused-ring (bicyclic) bond motifs is 13. The summed E-state index contributed by atoms with van der Waals surface area (Å²) in [5.41, 5.74) is 24.4. The smallest absolute Gasteiger partial charge is 0.162 e. The highest BCUT2D eigenvalue weighted by Crippen LogP contribution is 2.63. The van der Waals surface area contributed by atoms with Crippen LogP contribution in [-0.4, -0.2) is 14.5 Å². The van der Waals surface area contributed by atoms with Crippen molar-refractivity contribution in [2.24, 2.45) is 0 Å². The molecule has 0 bridgehead atoms. The van der Waals surface area contributed by atoms with E-state index in [1.165, 1.54) is 66.7 Å². The largest absolute Gasteiger partial charge is 0.306 e. The number of nitrogens with zero attached hydrogens (tertiary/aromatic N) is 5. The fraction of sp³-hybridized carbons (Fsp3) is 0.0448. The van der Waals surface area contributed by atoms with Gasteiger partial charge in [0.2, 0.25) is 0 Å². The van der Waals surface area contributed by atoms with E-state index in [-0.39, 0.29) is 5.41 Å². The second-order valence-corrected chi connectivity index (χ2v) is 19.7. The molecule has 0 atom stereocenters. The van der Waals surface area contributed by atoms with Crippen LogP contribution in [-0.2, 0) is 5.41 Å². The molecule has 72 heavy (non-hydrogen) atoms. The molecule has 12 aromatic rings. The number of hydrogen-bond donors (Lipinski definition) is 0. The first kappa shape index (κ1) is 40.6. The molecule has 4 heterocycles. The Morgan fingerprint density at radius 1 is 0.347 bits per heavy atom. The van der Waals surface area contributed by atoms with Gasteiger partial charge in [-0.2, -0.15) is 0 Å². The molecule has 338 valence electrons. The summed E-state index contributed by atoms with van der Waals surface area (Å²) in [5.74, 6) is 1.52. The number of aromatic nitrogens is 3. The third-order valence-corrected chi connectivity index (χ3v) is 15.5. The summed E-state index contributed by atoms with van der Waals surface area (Å²) in [6.45, 7) is 4.73. The van der Waals surface area contributed by atoms with Crippen molar-refractivity contribution in [1.29, 1.82) is 0 Å². The Morgan fingerprint density at radius 2 is 0.931 bits per heavy atom. The zero-order valence-corrected chi connectivity index (χ0v) is 39.8. The highest BCUT2D eigenvalue weighted by molar-refractivity contribution is 6.14. The average molecular weight is 920 g/mol. The molecule has 0 saturated heterocycles. The molecule has 3 aliphatic rings. The molecule has 0 N–H and O–H groups in total. The predicted octanol–water partition coefficient (Wildman–Crippen LogP) is 17.8. The minimum atomic E-state index is -0.121. The third kappa shape index (κ3) is 5.82. The summed E-state index contributed by atoms with van der Waals surface area (Å²) in [6, 6.07) is 86.1. The van der Waals surface area contributed by atoms with Crippen molar-refractivity contribution in [2.75, 3.05) is 9.80 Å². The lowest BCUT2D eigenvalue weighted by Gasteiger charge is -2.41. The van der Waals surface area contributed by atoms with Crippen LogP contribution in [0.25, 0.3) is 94.8 Å². The molecule has 2 aliphatic heterocycles. The Labute approximate surface area is 418 Å². The fourth-order valence-corrected chi connectivity index (χ4v) is 12.2. The van der Waals surface area contributed by atoms with E-state index in [2.05, 4.69) is 241 Å². The van der Waals surface area contributed by atoms with Crippen LogP contribution in [0.15, 0.2) is 237 Å². The van der Waals surface area contributed by atoms with Crippen molar-refractivity contribution in [3.8, 4) is 73.0 Å². The summed E-state index contributed by atoms with van der Waals surface area (Å²) >= 11 is 0. The molecule has 0 unspecified atom stereocenters. The van der Waals surface area contributed by atoms with Gasteiger partial charge in [-0.15, -0.1) is 0 Å². The van der Waals surface area contributed by atoms with Crippen LogP contribution in [0.2, 0.25) is 0 Å². The van der Waals surface area contributed by atoms with E-state index in [1.807, 2.05) is 24.3 Å². The van der Waals surface area contributed by atoms with Crippen molar-refractivity contribution in [3.05, 3.63) is 248 Å². The summed E-state index contributed by atoms with van der Waals surface area (Å²) in [4.78, 5) is 15.5. The molecule has 15 rings (SSSR count). The first-order valence-electron chi connectivity index (χ1n) is 24.8. The van der Waals surface area contributed by atoms with Crippen molar-refractivity contribution in [1.82, 2.24) is 14.5 Å². The van der Waals surface area contributed by atoms with E-state index in [0.717, 1.165) is 67.5 Å². The molecule has 10 aromatic carbocycles. The third-order valence-electron chi connectivity index (χ3n) is 15.5. The minimum absolute atomic E-state index is 0.121. The maximum atomic E-state index is 5.29. The van der Waals surface area contributed by atoms with Gasteiger partial charge >= 0.3 is 0 Å². The quantitative estimate of drug-likeness (QED) is 0.172. The SMILES string of the molecule is CC1(C)c2ccccc2-c2c(N3c4ccccc4N4c5ccc(-c6ccc7c(c6)c6ccccc6n7-c6cc(-c7ccccc7)nc(-c7ccccc7)n6)cc5-c5ccccc5-c5cccc3c54)cccc21. The molecule has 1 aliphatic carbocycles. The van der Waals surface area contributed by atoms with Crippen molar-refractivity contribution < 1.29 is 0 Å². The second-order valence-electron chi connectivity index (χ2n) is 19.7. The van der Waals surface area contributed by atoms with Gasteiger partial charge in [-0.1, -0.05) is 190 Å². The minimum Gasteiger partial charge on any atom is -0.306 e. The van der Waals surface area contributed by atoms with Gasteiger partial charge in [0, 0.05) is 50.1 Å². The van der Waals surface area contributed by atoms with Crippen LogP contribution in [0.1, 0.15) is 25.0 Å². The van der Waals surface area contributed by atoms with Crippen LogP contribution in [0.3, 0.4) is 0 Å². The Kier molecular flexibility index (Phi) is 8.64. The maximum Gasteiger partial charge on any atom is 0.162 e. The highest BCUT2D eigenvalue weighted by Gasteiger charge is 2.41. The summed E-state index contributed by atoms with van der Waals surface area (Å²) in [7, 11) is 0. The Morgan fingerprint density at radius 3 is 1.75 bits per heavy atom. The van der Waals surface area contributed by atoms with E-state index in [1.54, 1.807) is 0 Å². The van der Waals surface area contributed by atoms with Gasteiger partial charge in [-0.3, -0.25) is 4.57 Å². The molecule has 0 fully saturated rings. The van der Waals surface area contributed by atoms with Crippen molar-refractivity contribution >= 4 is 55.9 Å². The van der Waals surface area contributed by atoms with Gasteiger partial charge in [-0.25, -0.2) is 9.97 Å². The second kappa shape index (κ2) is 15.3. The lowest BCUT2D eigenvalue weighted by Crippen LogP contribution is -2.25. The number of para-hydroxylation sites is 4. The van der Waals surface area contributed by atoms with Gasteiger partial charge < -0.3 is 9.80 Å². The van der Waals surface area contributed by atoms with Gasteiger partial charge in [-0.05, 0) is 93.5 Å². The molecular formula is C67H45N5. The van der Waals surface area contributed by atoms with Crippen LogP contribution in [0, 0.1) is 0 Å². The average Bonchev–Trinajstić information content (AvgIpc) is 3.85. The number of anilines is 6. The summed E-state index contributed by atoms with van der Waals surface area (Å²) in [5, 5.41) is 2.34. The van der Waals surface area contributed by atoms with Crippen LogP contribution in [0.4, 0.5) is 34.1 Å². The van der Waals surface area contributed by atoms with Gasteiger partial charge in [0.1, 0.15) is 5.82 Å². The predicted molar refractivity (Wildman–Crippen MR) is 298 cm³/mol. The summed E-state index contributed by atoms with van der Waals surface area (Å²) < 4.78 is 2.30. The molecule has 0 radical (unpaired) electrons. The molecule has 0 saturated carbocycles. The molecule has 0 amide bonds. The monoisotopic (exact) mass is 919 g/mol. The topological polar surface area (TPSA) is 37.2 Å². The Hall–Kier alpha value is -9.32. The van der Waals surface area contributed by atoms with E-state index >= 15 is 0 Å². The molecule has 2 aromatic heterocycles. The number of hydrogen-bond acceptors (Lipinski definition) is 4. The standard InChI is InChI=1S/C67H45N5/c1-67(2)53-28-13-11-26-50(53)64-54(67)29-18-33-61(64)70-59-31-15-16-32-60(59)72-58-38-36-44(39-51(58)47-24-10-9-23-46(47)49-27-17-34-62(70)65(49)72)45-35-37-57-52(40-45)48-25-12-14-30-56(48)71(57)63-41-55(42-19-5-3-6-20-42)68-66(69-63)43-21-7-4-8-22-43/h3-41H,1-2H3. The van der Waals surface area contributed by atoms with Crippen molar-refractivity contribution in [2.45, 2.75) is 19.3 Å². The van der Waals surface area contributed by atoms with Crippen LogP contribution < -0.4 is 9.80 Å². The molecule has 0 spiro atoms. The number of rotatable bonds is 5. The van der Waals surface area contributed by atoms with Crippen LogP contribution >= 0.6 is 0 Å². The molecular weight excluding hydrogens is 875 g/mol.